The second-order valence-electron chi connectivity index (χ2n) is 8.93. The minimum Gasteiger partial charge on any atom is -0.406 e. The first-order chi connectivity index (χ1) is 20.1. The zero-order valence-electron chi connectivity index (χ0n) is 22.0. The second kappa shape index (κ2) is 13.8. The van der Waals surface area contributed by atoms with Gasteiger partial charge in [-0.25, -0.2) is 0 Å². The lowest BCUT2D eigenvalue weighted by molar-refractivity contribution is -0.274. The molecule has 0 aliphatic carbocycles. The normalized spacial score (nSPS) is 10.7. The predicted molar refractivity (Wildman–Crippen MR) is 148 cm³/mol. The molecule has 12 heteroatoms. The fourth-order valence-electron chi connectivity index (χ4n) is 3.78. The number of aromatic nitrogens is 3. The number of nitrogens with zero attached hydrogens (tertiary/aromatic N) is 3. The van der Waals surface area contributed by atoms with Crippen molar-refractivity contribution in [2.24, 2.45) is 0 Å². The highest BCUT2D eigenvalue weighted by atomic mass is 19.4. The Kier molecular flexibility index (Phi) is 9.68. The molecule has 0 radical (unpaired) electrons. The van der Waals surface area contributed by atoms with Crippen molar-refractivity contribution in [3.05, 3.63) is 112 Å². The van der Waals surface area contributed by atoms with Crippen molar-refractivity contribution in [3.8, 4) is 17.6 Å². The number of amides is 2. The number of benzene rings is 2. The van der Waals surface area contributed by atoms with Crippen molar-refractivity contribution < 1.29 is 27.5 Å². The van der Waals surface area contributed by atoms with Crippen LogP contribution in [0.1, 0.15) is 23.2 Å². The quantitative estimate of drug-likeness (QED) is 0.287. The van der Waals surface area contributed by atoms with Crippen molar-refractivity contribution in [3.63, 3.8) is 0 Å². The highest BCUT2D eigenvalue weighted by Crippen LogP contribution is 2.23. The van der Waals surface area contributed by atoms with Crippen molar-refractivity contribution in [1.29, 1.82) is 0 Å². The summed E-state index contributed by atoms with van der Waals surface area (Å²) in [5, 5.41) is 13.1. The predicted octanol–water partition coefficient (Wildman–Crippen LogP) is 4.34. The van der Waals surface area contributed by atoms with Gasteiger partial charge in [0.15, 0.2) is 5.82 Å². The van der Waals surface area contributed by atoms with Crippen LogP contribution in [0.4, 0.5) is 24.7 Å². The standard InChI is InChI=1S/C30H24F3N5O4/c31-30(32,33)42-25-11-6-9-22(17-25)19-28(40)35-26-13-12-23(36-37-26)10-4-5-15-38-16-14-24(20-29(38)41)34-27(39)18-21-7-2-1-3-8-21/h1-3,6-9,11-14,16-17,20H,5,15,18-19H2,(H,34,39)(H,35,37,40). The van der Waals surface area contributed by atoms with E-state index in [2.05, 4.69) is 37.4 Å². The van der Waals surface area contributed by atoms with Gasteiger partial charge in [0.05, 0.1) is 12.8 Å². The Morgan fingerprint density at radius 2 is 1.60 bits per heavy atom. The summed E-state index contributed by atoms with van der Waals surface area (Å²) in [6, 6.07) is 20.4. The third kappa shape index (κ3) is 9.63. The molecule has 0 bridgehead atoms. The molecule has 4 rings (SSSR count). The van der Waals surface area contributed by atoms with Crippen LogP contribution in [0.25, 0.3) is 0 Å². The van der Waals surface area contributed by atoms with Crippen LogP contribution in [0.2, 0.25) is 0 Å². The topological polar surface area (TPSA) is 115 Å². The molecule has 4 aromatic rings. The van der Waals surface area contributed by atoms with Gasteiger partial charge in [-0.2, -0.15) is 0 Å². The highest BCUT2D eigenvalue weighted by Gasteiger charge is 2.31. The van der Waals surface area contributed by atoms with Crippen LogP contribution in [0.5, 0.6) is 5.75 Å². The number of hydrogen-bond acceptors (Lipinski definition) is 6. The van der Waals surface area contributed by atoms with E-state index in [1.54, 1.807) is 18.3 Å². The molecular weight excluding hydrogens is 551 g/mol. The molecule has 0 atom stereocenters. The third-order valence-electron chi connectivity index (χ3n) is 5.61. The van der Waals surface area contributed by atoms with Crippen molar-refractivity contribution in [2.75, 3.05) is 10.6 Å². The van der Waals surface area contributed by atoms with Gasteiger partial charge in [-0.1, -0.05) is 48.4 Å². The lowest BCUT2D eigenvalue weighted by atomic mass is 10.1. The molecule has 0 spiro atoms. The summed E-state index contributed by atoms with van der Waals surface area (Å²) in [6.45, 7) is 0.320. The van der Waals surface area contributed by atoms with E-state index < -0.39 is 18.0 Å². The number of carbonyl (C=O) groups is 2. The van der Waals surface area contributed by atoms with Gasteiger partial charge in [-0.15, -0.1) is 23.4 Å². The molecule has 2 amide bonds. The lowest BCUT2D eigenvalue weighted by Gasteiger charge is -2.10. The molecule has 2 aromatic heterocycles. The Bertz CT molecular complexity index is 1660. The summed E-state index contributed by atoms with van der Waals surface area (Å²) in [6.07, 6.45) is -2.89. The van der Waals surface area contributed by atoms with E-state index in [1.807, 2.05) is 30.3 Å². The Morgan fingerprint density at radius 1 is 0.857 bits per heavy atom. The first kappa shape index (κ1) is 29.5. The molecule has 42 heavy (non-hydrogen) atoms. The van der Waals surface area contributed by atoms with Gasteiger partial charge in [0.2, 0.25) is 11.8 Å². The van der Waals surface area contributed by atoms with E-state index in [0.717, 1.165) is 17.7 Å². The van der Waals surface area contributed by atoms with Crippen LogP contribution >= 0.6 is 0 Å². The Balaban J connectivity index is 1.23. The van der Waals surface area contributed by atoms with Crippen LogP contribution in [-0.4, -0.2) is 32.9 Å². The van der Waals surface area contributed by atoms with Crippen molar-refractivity contribution >= 4 is 23.3 Å². The SMILES string of the molecule is O=C(Cc1ccccc1)Nc1ccn(CCC#Cc2ccc(NC(=O)Cc3cccc(OC(F)(F)F)c3)nn2)c(=O)c1. The van der Waals surface area contributed by atoms with Gasteiger partial charge >= 0.3 is 6.36 Å². The Labute approximate surface area is 238 Å². The van der Waals surface area contributed by atoms with Crippen LogP contribution in [-0.2, 0) is 29.0 Å². The number of hydrogen-bond donors (Lipinski definition) is 2. The molecular formula is C30H24F3N5O4. The molecule has 0 aliphatic heterocycles. The maximum absolute atomic E-state index is 12.4. The van der Waals surface area contributed by atoms with Gasteiger partial charge < -0.3 is 19.9 Å². The summed E-state index contributed by atoms with van der Waals surface area (Å²) in [7, 11) is 0. The maximum atomic E-state index is 12.4. The number of halogens is 3. The summed E-state index contributed by atoms with van der Waals surface area (Å²) >= 11 is 0. The Morgan fingerprint density at radius 3 is 2.31 bits per heavy atom. The maximum Gasteiger partial charge on any atom is 0.573 e. The zero-order chi connectivity index (χ0) is 30.0. The number of nitrogens with one attached hydrogen (secondary N) is 2. The van der Waals surface area contributed by atoms with Gasteiger partial charge in [0.25, 0.3) is 5.56 Å². The third-order valence-corrected chi connectivity index (χ3v) is 5.61. The van der Waals surface area contributed by atoms with Gasteiger partial charge in [0, 0.05) is 30.9 Å². The average Bonchev–Trinajstić information content (AvgIpc) is 2.92. The number of alkyl halides is 3. The number of pyridine rings is 1. The lowest BCUT2D eigenvalue weighted by Crippen LogP contribution is -2.21. The summed E-state index contributed by atoms with van der Waals surface area (Å²) in [4.78, 5) is 36.9. The van der Waals surface area contributed by atoms with E-state index in [1.165, 1.54) is 28.8 Å². The summed E-state index contributed by atoms with van der Waals surface area (Å²) < 4.78 is 42.5. The number of carbonyl (C=O) groups excluding carboxylic acids is 2. The number of rotatable bonds is 9. The van der Waals surface area contributed by atoms with Crippen LogP contribution in [0, 0.1) is 11.8 Å². The molecule has 2 heterocycles. The van der Waals surface area contributed by atoms with E-state index in [0.29, 0.717) is 29.9 Å². The van der Waals surface area contributed by atoms with Gasteiger partial charge in [-0.3, -0.25) is 14.4 Å². The first-order valence-corrected chi connectivity index (χ1v) is 12.6. The first-order valence-electron chi connectivity index (χ1n) is 12.6. The molecule has 2 N–H and O–H groups in total. The highest BCUT2D eigenvalue weighted by molar-refractivity contribution is 5.92. The van der Waals surface area contributed by atoms with E-state index >= 15 is 0 Å². The number of ether oxygens (including phenoxy) is 1. The number of aryl methyl sites for hydroxylation is 1. The molecule has 0 fully saturated rings. The molecule has 0 saturated heterocycles. The Hall–Kier alpha value is -5.44. The smallest absolute Gasteiger partial charge is 0.406 e. The molecule has 0 aliphatic rings. The van der Waals surface area contributed by atoms with Crippen LogP contribution in [0.3, 0.4) is 0 Å². The molecule has 0 saturated carbocycles. The van der Waals surface area contributed by atoms with Crippen molar-refractivity contribution in [2.45, 2.75) is 32.2 Å². The fraction of sp³-hybridized carbons (Fsp3) is 0.167. The van der Waals surface area contributed by atoms with Crippen LogP contribution < -0.4 is 20.9 Å². The van der Waals surface area contributed by atoms with Gasteiger partial charge in [0.1, 0.15) is 11.4 Å². The van der Waals surface area contributed by atoms with Crippen molar-refractivity contribution in [1.82, 2.24) is 14.8 Å². The minimum absolute atomic E-state index is 0.149. The second-order valence-corrected chi connectivity index (χ2v) is 8.93. The molecule has 214 valence electrons. The largest absolute Gasteiger partial charge is 0.573 e. The zero-order valence-corrected chi connectivity index (χ0v) is 22.0. The summed E-state index contributed by atoms with van der Waals surface area (Å²) in [5.74, 6) is 4.74. The van der Waals surface area contributed by atoms with E-state index in [9.17, 15) is 27.6 Å². The number of anilines is 2. The van der Waals surface area contributed by atoms with E-state index in [4.69, 9.17) is 0 Å². The molecule has 2 aromatic carbocycles. The van der Waals surface area contributed by atoms with E-state index in [-0.39, 0.29) is 30.1 Å². The molecule has 0 unspecified atom stereocenters. The monoisotopic (exact) mass is 575 g/mol. The molecule has 9 nitrogen and oxygen atoms in total. The van der Waals surface area contributed by atoms with Gasteiger partial charge in [-0.05, 0) is 47.4 Å². The van der Waals surface area contributed by atoms with Crippen LogP contribution in [0.15, 0.2) is 89.9 Å². The minimum atomic E-state index is -4.83. The fourth-order valence-corrected chi connectivity index (χ4v) is 3.78. The summed E-state index contributed by atoms with van der Waals surface area (Å²) in [5.41, 5.74) is 1.66. The average molecular weight is 576 g/mol.